The lowest BCUT2D eigenvalue weighted by Gasteiger charge is -2.28. The number of ether oxygens (including phenoxy) is 2. The standard InChI is InChI=1S/C20H23NO6S/c1-26-18-10-8-15(13-19(18)27-2)28(24,25)21(12-11-20(22)23)17-9-7-14-5-3-4-6-16(14)17/h3-6,8,10,13,17H,7,9,11-12H2,1-2H3,(H,22,23). The number of aliphatic carboxylic acids is 1. The number of carboxylic acids is 1. The molecule has 0 fully saturated rings. The van der Waals surface area contributed by atoms with Gasteiger partial charge in [-0.05, 0) is 36.1 Å². The summed E-state index contributed by atoms with van der Waals surface area (Å²) >= 11 is 0. The Labute approximate surface area is 164 Å². The third-order valence-corrected chi connectivity index (χ3v) is 6.86. The maximum atomic E-state index is 13.4. The number of fused-ring (bicyclic) bond motifs is 1. The maximum absolute atomic E-state index is 13.4. The van der Waals surface area contributed by atoms with E-state index in [0.717, 1.165) is 17.5 Å². The molecule has 0 amide bonds. The lowest BCUT2D eigenvalue weighted by Crippen LogP contribution is -2.35. The lowest BCUT2D eigenvalue weighted by atomic mass is 10.1. The zero-order chi connectivity index (χ0) is 20.3. The maximum Gasteiger partial charge on any atom is 0.304 e. The highest BCUT2D eigenvalue weighted by molar-refractivity contribution is 7.89. The van der Waals surface area contributed by atoms with Crippen LogP contribution >= 0.6 is 0 Å². The first-order valence-corrected chi connectivity index (χ1v) is 10.4. The van der Waals surface area contributed by atoms with Crippen LogP contribution < -0.4 is 9.47 Å². The summed E-state index contributed by atoms with van der Waals surface area (Å²) < 4.78 is 38.6. The second-order valence-corrected chi connectivity index (χ2v) is 8.42. The molecule has 7 nitrogen and oxygen atoms in total. The predicted octanol–water partition coefficient (Wildman–Crippen LogP) is 2.86. The zero-order valence-electron chi connectivity index (χ0n) is 15.8. The van der Waals surface area contributed by atoms with Crippen molar-refractivity contribution in [2.45, 2.75) is 30.2 Å². The van der Waals surface area contributed by atoms with Crippen LogP contribution in [-0.4, -0.2) is 44.6 Å². The highest BCUT2D eigenvalue weighted by Crippen LogP contribution is 2.39. The number of aryl methyl sites for hydroxylation is 1. The fraction of sp³-hybridized carbons (Fsp3) is 0.350. The van der Waals surface area contributed by atoms with Crippen molar-refractivity contribution in [1.82, 2.24) is 4.31 Å². The van der Waals surface area contributed by atoms with Crippen molar-refractivity contribution in [3.63, 3.8) is 0 Å². The van der Waals surface area contributed by atoms with E-state index < -0.39 is 22.0 Å². The Morgan fingerprint density at radius 3 is 2.54 bits per heavy atom. The Balaban J connectivity index is 2.03. The number of hydrogen-bond donors (Lipinski definition) is 1. The minimum Gasteiger partial charge on any atom is -0.493 e. The molecule has 28 heavy (non-hydrogen) atoms. The van der Waals surface area contributed by atoms with Crippen LogP contribution in [0.1, 0.15) is 30.0 Å². The topological polar surface area (TPSA) is 93.1 Å². The van der Waals surface area contributed by atoms with E-state index in [2.05, 4.69) is 0 Å². The monoisotopic (exact) mass is 405 g/mol. The summed E-state index contributed by atoms with van der Waals surface area (Å²) in [7, 11) is -1.04. The summed E-state index contributed by atoms with van der Waals surface area (Å²) in [5.74, 6) is -0.322. The minimum atomic E-state index is -3.95. The van der Waals surface area contributed by atoms with Crippen LogP contribution in [0.15, 0.2) is 47.4 Å². The van der Waals surface area contributed by atoms with Crippen molar-refractivity contribution in [1.29, 1.82) is 0 Å². The van der Waals surface area contributed by atoms with Crippen LogP contribution in [0.25, 0.3) is 0 Å². The molecule has 0 saturated carbocycles. The van der Waals surface area contributed by atoms with Gasteiger partial charge in [-0.2, -0.15) is 4.31 Å². The van der Waals surface area contributed by atoms with Gasteiger partial charge < -0.3 is 14.6 Å². The van der Waals surface area contributed by atoms with Crippen molar-refractivity contribution in [2.24, 2.45) is 0 Å². The molecular formula is C20H23NO6S. The molecule has 0 spiro atoms. The number of nitrogens with zero attached hydrogens (tertiary/aromatic N) is 1. The van der Waals surface area contributed by atoms with E-state index in [-0.39, 0.29) is 17.9 Å². The van der Waals surface area contributed by atoms with Gasteiger partial charge in [0.2, 0.25) is 10.0 Å². The fourth-order valence-corrected chi connectivity index (χ4v) is 5.25. The summed E-state index contributed by atoms with van der Waals surface area (Å²) in [6, 6.07) is 11.7. The summed E-state index contributed by atoms with van der Waals surface area (Å²) in [4.78, 5) is 11.2. The highest BCUT2D eigenvalue weighted by Gasteiger charge is 2.36. The Morgan fingerprint density at radius 1 is 1.14 bits per heavy atom. The van der Waals surface area contributed by atoms with E-state index in [1.54, 1.807) is 0 Å². The number of rotatable bonds is 8. The third-order valence-electron chi connectivity index (χ3n) is 4.96. The van der Waals surface area contributed by atoms with Gasteiger partial charge in [0, 0.05) is 12.6 Å². The molecule has 2 aromatic carbocycles. The van der Waals surface area contributed by atoms with E-state index in [1.807, 2.05) is 24.3 Å². The Hall–Kier alpha value is -2.58. The van der Waals surface area contributed by atoms with Crippen molar-refractivity contribution >= 4 is 16.0 Å². The van der Waals surface area contributed by atoms with E-state index in [4.69, 9.17) is 14.6 Å². The van der Waals surface area contributed by atoms with Crippen LogP contribution in [0.5, 0.6) is 11.5 Å². The first-order valence-electron chi connectivity index (χ1n) is 8.92. The molecule has 0 aromatic heterocycles. The SMILES string of the molecule is COc1ccc(S(=O)(=O)N(CCC(=O)O)C2CCc3ccccc32)cc1OC. The molecule has 1 unspecified atom stereocenters. The number of methoxy groups -OCH3 is 2. The average Bonchev–Trinajstić information content (AvgIpc) is 3.11. The van der Waals surface area contributed by atoms with Gasteiger partial charge in [-0.1, -0.05) is 24.3 Å². The van der Waals surface area contributed by atoms with Gasteiger partial charge in [-0.25, -0.2) is 8.42 Å². The van der Waals surface area contributed by atoms with Crippen molar-refractivity contribution < 1.29 is 27.8 Å². The third kappa shape index (κ3) is 3.83. The molecule has 0 bridgehead atoms. The number of hydrogen-bond acceptors (Lipinski definition) is 5. The van der Waals surface area contributed by atoms with Crippen molar-refractivity contribution in [3.8, 4) is 11.5 Å². The van der Waals surface area contributed by atoms with Crippen LogP contribution in [-0.2, 0) is 21.2 Å². The average molecular weight is 405 g/mol. The second kappa shape index (κ2) is 8.20. The van der Waals surface area contributed by atoms with Crippen LogP contribution in [0.3, 0.4) is 0 Å². The normalized spacial score (nSPS) is 16.0. The first-order chi connectivity index (χ1) is 13.4. The van der Waals surface area contributed by atoms with E-state index in [1.165, 1.54) is 36.7 Å². The second-order valence-electron chi connectivity index (χ2n) is 6.53. The molecule has 3 rings (SSSR count). The molecule has 2 aromatic rings. The van der Waals surface area contributed by atoms with Gasteiger partial charge in [0.15, 0.2) is 11.5 Å². The molecule has 1 N–H and O–H groups in total. The van der Waals surface area contributed by atoms with Gasteiger partial charge in [0.25, 0.3) is 0 Å². The molecule has 1 atom stereocenters. The summed E-state index contributed by atoms with van der Waals surface area (Å²) in [6.45, 7) is -0.106. The predicted molar refractivity (Wildman–Crippen MR) is 103 cm³/mol. The smallest absolute Gasteiger partial charge is 0.304 e. The fourth-order valence-electron chi connectivity index (χ4n) is 3.60. The molecule has 0 heterocycles. The summed E-state index contributed by atoms with van der Waals surface area (Å²) in [5, 5.41) is 9.13. The van der Waals surface area contributed by atoms with Gasteiger partial charge in [0.05, 0.1) is 31.6 Å². The van der Waals surface area contributed by atoms with Crippen LogP contribution in [0.4, 0.5) is 0 Å². The van der Waals surface area contributed by atoms with Crippen molar-refractivity contribution in [3.05, 3.63) is 53.6 Å². The van der Waals surface area contributed by atoms with Gasteiger partial charge in [-0.3, -0.25) is 4.79 Å². The largest absolute Gasteiger partial charge is 0.493 e. The van der Waals surface area contributed by atoms with Gasteiger partial charge in [-0.15, -0.1) is 0 Å². The number of benzene rings is 2. The van der Waals surface area contributed by atoms with Gasteiger partial charge in [0.1, 0.15) is 0 Å². The molecular weight excluding hydrogens is 382 g/mol. The molecule has 0 saturated heterocycles. The summed E-state index contributed by atoms with van der Waals surface area (Å²) in [5.41, 5.74) is 2.02. The minimum absolute atomic E-state index is 0.0416. The Morgan fingerprint density at radius 2 is 1.86 bits per heavy atom. The van der Waals surface area contributed by atoms with E-state index in [9.17, 15) is 13.2 Å². The Kier molecular flexibility index (Phi) is 5.90. The first kappa shape index (κ1) is 20.2. The number of sulfonamides is 1. The van der Waals surface area contributed by atoms with Crippen molar-refractivity contribution in [2.75, 3.05) is 20.8 Å². The van der Waals surface area contributed by atoms with E-state index in [0.29, 0.717) is 17.9 Å². The highest BCUT2D eigenvalue weighted by atomic mass is 32.2. The van der Waals surface area contributed by atoms with Crippen LogP contribution in [0, 0.1) is 0 Å². The number of carboxylic acid groups (broad SMARTS) is 1. The molecule has 1 aliphatic rings. The molecule has 1 aliphatic carbocycles. The van der Waals surface area contributed by atoms with E-state index >= 15 is 0 Å². The quantitative estimate of drug-likeness (QED) is 0.726. The van der Waals surface area contributed by atoms with Gasteiger partial charge >= 0.3 is 5.97 Å². The molecule has 0 radical (unpaired) electrons. The summed E-state index contributed by atoms with van der Waals surface area (Å²) in [6.07, 6.45) is 1.10. The lowest BCUT2D eigenvalue weighted by molar-refractivity contribution is -0.137. The zero-order valence-corrected chi connectivity index (χ0v) is 16.6. The molecule has 8 heteroatoms. The Bertz CT molecular complexity index is 972. The molecule has 0 aliphatic heterocycles. The number of carbonyl (C=O) groups is 1. The van der Waals surface area contributed by atoms with Crippen LogP contribution in [0.2, 0.25) is 0 Å². The molecule has 150 valence electrons.